The molecule has 22 heavy (non-hydrogen) atoms. The van der Waals surface area contributed by atoms with Crippen molar-refractivity contribution in [3.05, 3.63) is 16.1 Å². The van der Waals surface area contributed by atoms with Gasteiger partial charge in [0.1, 0.15) is 5.01 Å². The minimum atomic E-state index is -4.42. The first-order chi connectivity index (χ1) is 10.3. The van der Waals surface area contributed by atoms with Crippen molar-refractivity contribution in [2.24, 2.45) is 4.99 Å². The molecule has 0 amide bonds. The number of halogens is 3. The number of guanidine groups is 1. The molecule has 0 atom stereocenters. The molecule has 3 N–H and O–H groups in total. The van der Waals surface area contributed by atoms with E-state index < -0.39 is 17.5 Å². The minimum absolute atomic E-state index is 0.0640. The van der Waals surface area contributed by atoms with Crippen LogP contribution >= 0.6 is 11.3 Å². The van der Waals surface area contributed by atoms with Gasteiger partial charge in [-0.15, -0.1) is 11.3 Å². The fourth-order valence-corrected chi connectivity index (χ4v) is 2.74. The molecule has 0 aliphatic heterocycles. The number of rotatable bonds is 5. The van der Waals surface area contributed by atoms with Crippen LogP contribution in [0, 0.1) is 0 Å². The summed E-state index contributed by atoms with van der Waals surface area (Å²) in [6.45, 7) is 2.95. The van der Waals surface area contributed by atoms with E-state index in [1.807, 2.05) is 6.92 Å². The lowest BCUT2D eigenvalue weighted by atomic mass is 9.80. The molecular formula is C13H19F3N4OS. The van der Waals surface area contributed by atoms with Crippen molar-refractivity contribution >= 4 is 17.3 Å². The number of aromatic nitrogens is 1. The fourth-order valence-electron chi connectivity index (χ4n) is 2.01. The molecule has 2 rings (SSSR count). The maximum atomic E-state index is 12.5. The van der Waals surface area contributed by atoms with Crippen LogP contribution < -0.4 is 10.6 Å². The lowest BCUT2D eigenvalue weighted by Crippen LogP contribution is -2.50. The fraction of sp³-hybridized carbons (Fsp3) is 0.692. The highest BCUT2D eigenvalue weighted by Crippen LogP contribution is 2.31. The molecule has 1 heterocycles. The highest BCUT2D eigenvalue weighted by atomic mass is 32.1. The Bertz CT molecular complexity index is 526. The zero-order valence-corrected chi connectivity index (χ0v) is 13.0. The highest BCUT2D eigenvalue weighted by molar-refractivity contribution is 7.09. The van der Waals surface area contributed by atoms with Gasteiger partial charge in [-0.1, -0.05) is 0 Å². The largest absolute Gasteiger partial charge is 0.434 e. The lowest BCUT2D eigenvalue weighted by Gasteiger charge is -2.36. The van der Waals surface area contributed by atoms with Crippen LogP contribution in [0.15, 0.2) is 10.4 Å². The summed E-state index contributed by atoms with van der Waals surface area (Å²) in [4.78, 5) is 7.74. The maximum Gasteiger partial charge on any atom is 0.434 e. The third kappa shape index (κ3) is 4.57. The predicted molar refractivity (Wildman–Crippen MR) is 78.7 cm³/mol. The van der Waals surface area contributed by atoms with Gasteiger partial charge in [0.2, 0.25) is 0 Å². The topological polar surface area (TPSA) is 69.5 Å². The smallest absolute Gasteiger partial charge is 0.388 e. The number of thiazole rings is 1. The number of hydrogen-bond acceptors (Lipinski definition) is 4. The molecule has 0 bridgehead atoms. The van der Waals surface area contributed by atoms with Gasteiger partial charge in [-0.05, 0) is 26.2 Å². The van der Waals surface area contributed by atoms with Crippen LogP contribution in [0.1, 0.15) is 36.9 Å². The summed E-state index contributed by atoms with van der Waals surface area (Å²) in [7, 11) is 0. The number of nitrogens with one attached hydrogen (secondary N) is 2. The van der Waals surface area contributed by atoms with Gasteiger partial charge < -0.3 is 15.7 Å². The van der Waals surface area contributed by atoms with E-state index in [4.69, 9.17) is 0 Å². The zero-order chi connectivity index (χ0) is 16.2. The van der Waals surface area contributed by atoms with Gasteiger partial charge in [0.15, 0.2) is 11.7 Å². The molecule has 1 aromatic rings. The number of aliphatic hydroxyl groups is 1. The average Bonchev–Trinajstić information content (AvgIpc) is 2.88. The summed E-state index contributed by atoms with van der Waals surface area (Å²) in [5.41, 5.74) is -1.58. The summed E-state index contributed by atoms with van der Waals surface area (Å²) in [5.74, 6) is 0.464. The Hall–Kier alpha value is -1.35. The minimum Gasteiger partial charge on any atom is -0.388 e. The van der Waals surface area contributed by atoms with E-state index in [1.54, 1.807) is 0 Å². The first kappa shape index (κ1) is 17.0. The Morgan fingerprint density at radius 3 is 2.68 bits per heavy atom. The van der Waals surface area contributed by atoms with Crippen LogP contribution in [-0.2, 0) is 12.7 Å². The first-order valence-corrected chi connectivity index (χ1v) is 7.96. The Morgan fingerprint density at radius 2 is 2.18 bits per heavy atom. The molecule has 0 radical (unpaired) electrons. The Morgan fingerprint density at radius 1 is 1.45 bits per heavy atom. The standard InChI is InChI=1S/C13H19F3N4OS/c1-2-17-11(19-8-12(21)4-3-5-12)18-6-10-20-9(7-22-10)13(14,15)16/h7,21H,2-6,8H2,1H3,(H2,17,18,19). The molecule has 1 aliphatic carbocycles. The highest BCUT2D eigenvalue weighted by Gasteiger charge is 2.34. The van der Waals surface area contributed by atoms with Gasteiger partial charge in [-0.3, -0.25) is 0 Å². The van der Waals surface area contributed by atoms with E-state index in [2.05, 4.69) is 20.6 Å². The van der Waals surface area contributed by atoms with Gasteiger partial charge >= 0.3 is 6.18 Å². The van der Waals surface area contributed by atoms with Crippen molar-refractivity contribution in [3.63, 3.8) is 0 Å². The molecule has 9 heteroatoms. The number of nitrogens with zero attached hydrogens (tertiary/aromatic N) is 2. The molecule has 0 aromatic carbocycles. The lowest BCUT2D eigenvalue weighted by molar-refractivity contribution is -0.140. The zero-order valence-electron chi connectivity index (χ0n) is 12.2. The van der Waals surface area contributed by atoms with Crippen molar-refractivity contribution in [3.8, 4) is 0 Å². The van der Waals surface area contributed by atoms with Gasteiger partial charge in [-0.2, -0.15) is 13.2 Å². The predicted octanol–water partition coefficient (Wildman–Crippen LogP) is 2.13. The Balaban J connectivity index is 1.93. The van der Waals surface area contributed by atoms with Crippen LogP contribution in [0.4, 0.5) is 13.2 Å². The SMILES string of the molecule is CCNC(=NCc1nc(C(F)(F)F)cs1)NCC1(O)CCC1. The van der Waals surface area contributed by atoms with Crippen LogP contribution in [0.3, 0.4) is 0 Å². The third-order valence-corrected chi connectivity index (χ3v) is 4.26. The second-order valence-electron chi connectivity index (χ2n) is 5.25. The quantitative estimate of drug-likeness (QED) is 0.569. The molecule has 1 aliphatic rings. The number of hydrogen-bond donors (Lipinski definition) is 3. The molecule has 124 valence electrons. The van der Waals surface area contributed by atoms with Crippen molar-refractivity contribution < 1.29 is 18.3 Å². The van der Waals surface area contributed by atoms with Crippen molar-refractivity contribution in [2.75, 3.05) is 13.1 Å². The molecule has 1 fully saturated rings. The van der Waals surface area contributed by atoms with E-state index in [0.717, 1.165) is 36.0 Å². The Labute approximate surface area is 130 Å². The maximum absolute atomic E-state index is 12.5. The summed E-state index contributed by atoms with van der Waals surface area (Å²) in [6.07, 6.45) is -1.92. The molecule has 1 saturated carbocycles. The molecular weight excluding hydrogens is 317 g/mol. The average molecular weight is 336 g/mol. The van der Waals surface area contributed by atoms with Gasteiger partial charge in [0.05, 0.1) is 12.1 Å². The molecule has 0 spiro atoms. The van der Waals surface area contributed by atoms with E-state index in [-0.39, 0.29) is 6.54 Å². The monoisotopic (exact) mass is 336 g/mol. The van der Waals surface area contributed by atoms with Crippen molar-refractivity contribution in [1.29, 1.82) is 0 Å². The van der Waals surface area contributed by atoms with Crippen molar-refractivity contribution in [2.45, 2.75) is 44.5 Å². The summed E-state index contributed by atoms with van der Waals surface area (Å²) in [5, 5.41) is 17.3. The summed E-state index contributed by atoms with van der Waals surface area (Å²) < 4.78 is 37.4. The second-order valence-corrected chi connectivity index (χ2v) is 6.19. The van der Waals surface area contributed by atoms with E-state index in [1.165, 1.54) is 0 Å². The van der Waals surface area contributed by atoms with E-state index in [0.29, 0.717) is 24.1 Å². The van der Waals surface area contributed by atoms with Crippen LogP contribution in [0.2, 0.25) is 0 Å². The molecule has 0 saturated heterocycles. The second kappa shape index (κ2) is 6.82. The van der Waals surface area contributed by atoms with Gasteiger partial charge in [0.25, 0.3) is 0 Å². The van der Waals surface area contributed by atoms with Crippen LogP contribution in [0.5, 0.6) is 0 Å². The number of alkyl halides is 3. The summed E-state index contributed by atoms with van der Waals surface area (Å²) >= 11 is 0.933. The third-order valence-electron chi connectivity index (χ3n) is 3.43. The van der Waals surface area contributed by atoms with Gasteiger partial charge in [0, 0.05) is 18.5 Å². The normalized spacial score (nSPS) is 18.0. The number of aliphatic imine (C=N–C) groups is 1. The first-order valence-electron chi connectivity index (χ1n) is 7.08. The van der Waals surface area contributed by atoms with Gasteiger partial charge in [-0.25, -0.2) is 9.98 Å². The van der Waals surface area contributed by atoms with E-state index >= 15 is 0 Å². The van der Waals surface area contributed by atoms with E-state index in [9.17, 15) is 18.3 Å². The van der Waals surface area contributed by atoms with Crippen LogP contribution in [0.25, 0.3) is 0 Å². The molecule has 5 nitrogen and oxygen atoms in total. The Kier molecular flexibility index (Phi) is 5.28. The molecule has 1 aromatic heterocycles. The van der Waals surface area contributed by atoms with Crippen LogP contribution in [-0.4, -0.2) is 34.7 Å². The van der Waals surface area contributed by atoms with Crippen molar-refractivity contribution in [1.82, 2.24) is 15.6 Å². The molecule has 0 unspecified atom stereocenters. The summed E-state index contributed by atoms with van der Waals surface area (Å²) in [6, 6.07) is 0.